The molecule has 0 aliphatic carbocycles. The molecule has 162 valence electrons. The number of piperazine rings is 1. The average Bonchev–Trinajstić information content (AvgIpc) is 2.75. The zero-order valence-corrected chi connectivity index (χ0v) is 21.7. The van der Waals surface area contributed by atoms with Crippen molar-refractivity contribution >= 4 is 63.1 Å². The second-order valence-corrected chi connectivity index (χ2v) is 10.6. The normalized spacial score (nSPS) is 18.2. The van der Waals surface area contributed by atoms with Crippen molar-refractivity contribution in [2.75, 3.05) is 31.1 Å². The fourth-order valence-electron chi connectivity index (χ4n) is 4.26. The van der Waals surface area contributed by atoms with Crippen LogP contribution in [0.2, 0.25) is 15.1 Å². The molecule has 31 heavy (non-hydrogen) atoms. The summed E-state index contributed by atoms with van der Waals surface area (Å²) in [7, 11) is 0. The third-order valence-corrected chi connectivity index (χ3v) is 7.42. The summed E-state index contributed by atoms with van der Waals surface area (Å²) in [5.74, 6) is 0.466. The molecule has 1 fully saturated rings. The summed E-state index contributed by atoms with van der Waals surface area (Å²) in [6.07, 6.45) is 0. The van der Waals surface area contributed by atoms with Crippen LogP contribution < -0.4 is 4.90 Å². The molecule has 1 aliphatic rings. The van der Waals surface area contributed by atoms with E-state index in [1.165, 1.54) is 14.7 Å². The zero-order chi connectivity index (χ0) is 22.0. The van der Waals surface area contributed by atoms with Crippen LogP contribution in [0.1, 0.15) is 30.0 Å². The lowest BCUT2D eigenvalue weighted by molar-refractivity contribution is 0.214. The number of hydrogen-bond acceptors (Lipinski definition) is 2. The second kappa shape index (κ2) is 10.3. The molecular weight excluding hydrogens is 562 g/mol. The van der Waals surface area contributed by atoms with Gasteiger partial charge in [0.25, 0.3) is 0 Å². The highest BCUT2D eigenvalue weighted by Gasteiger charge is 2.30. The molecule has 1 unspecified atom stereocenters. The molecule has 0 amide bonds. The number of benzene rings is 3. The van der Waals surface area contributed by atoms with Gasteiger partial charge in [0.15, 0.2) is 0 Å². The number of nitrogens with zero attached hydrogens (tertiary/aromatic N) is 2. The molecule has 0 spiro atoms. The van der Waals surface area contributed by atoms with Gasteiger partial charge in [0.2, 0.25) is 0 Å². The first-order valence-electron chi connectivity index (χ1n) is 10.4. The van der Waals surface area contributed by atoms with Gasteiger partial charge in [0.05, 0.1) is 16.8 Å². The average molecular weight is 586 g/mol. The van der Waals surface area contributed by atoms with E-state index in [1.54, 1.807) is 0 Å². The number of rotatable bonds is 5. The van der Waals surface area contributed by atoms with Crippen molar-refractivity contribution in [1.82, 2.24) is 4.90 Å². The topological polar surface area (TPSA) is 6.48 Å². The SMILES string of the molecule is C[C@H](CN1CCN(c2ccc(Cl)cc2Cl)C(c2ccc(Cl)cc2)C1)c1ccc(I)cc1. The van der Waals surface area contributed by atoms with E-state index in [0.717, 1.165) is 36.9 Å². The molecular formula is C25H24Cl3IN2. The van der Waals surface area contributed by atoms with Gasteiger partial charge in [-0.1, -0.05) is 66.0 Å². The van der Waals surface area contributed by atoms with Crippen LogP contribution >= 0.6 is 57.4 Å². The quantitative estimate of drug-likeness (QED) is 0.281. The number of halogens is 4. The number of anilines is 1. The Hall–Kier alpha value is -0.980. The Bertz CT molecular complexity index is 1020. The molecule has 3 aromatic rings. The summed E-state index contributed by atoms with van der Waals surface area (Å²) in [5, 5.41) is 2.09. The maximum absolute atomic E-state index is 6.59. The third-order valence-electron chi connectivity index (χ3n) is 5.91. The van der Waals surface area contributed by atoms with Gasteiger partial charge in [-0.15, -0.1) is 0 Å². The molecule has 0 aromatic heterocycles. The fourth-order valence-corrected chi connectivity index (χ4v) is 5.26. The molecule has 0 saturated carbocycles. The van der Waals surface area contributed by atoms with Crippen LogP contribution in [-0.2, 0) is 0 Å². The molecule has 1 heterocycles. The summed E-state index contributed by atoms with van der Waals surface area (Å²) >= 11 is 21.3. The minimum atomic E-state index is 0.189. The van der Waals surface area contributed by atoms with Crippen LogP contribution in [0.3, 0.4) is 0 Å². The summed E-state index contributed by atoms with van der Waals surface area (Å²) in [6, 6.07) is 23.0. The van der Waals surface area contributed by atoms with Crippen molar-refractivity contribution in [3.8, 4) is 0 Å². The summed E-state index contributed by atoms with van der Waals surface area (Å²) in [6.45, 7) is 6.13. The van der Waals surface area contributed by atoms with Gasteiger partial charge >= 0.3 is 0 Å². The first kappa shape index (κ1) is 23.2. The van der Waals surface area contributed by atoms with E-state index >= 15 is 0 Å². The van der Waals surface area contributed by atoms with Crippen molar-refractivity contribution in [2.24, 2.45) is 0 Å². The maximum Gasteiger partial charge on any atom is 0.0670 e. The van der Waals surface area contributed by atoms with Gasteiger partial charge in [-0.25, -0.2) is 0 Å². The predicted octanol–water partition coefficient (Wildman–Crippen LogP) is 7.92. The Morgan fingerprint density at radius 2 is 1.58 bits per heavy atom. The Kier molecular flexibility index (Phi) is 7.71. The smallest absolute Gasteiger partial charge is 0.0670 e. The van der Waals surface area contributed by atoms with Crippen LogP contribution in [-0.4, -0.2) is 31.1 Å². The molecule has 0 bridgehead atoms. The van der Waals surface area contributed by atoms with Gasteiger partial charge in [-0.05, 0) is 82.1 Å². The summed E-state index contributed by atoms with van der Waals surface area (Å²) in [4.78, 5) is 4.95. The Morgan fingerprint density at radius 1 is 0.903 bits per heavy atom. The standard InChI is InChI=1S/C25H24Cl3IN2/c1-17(18-4-9-22(29)10-5-18)15-30-12-13-31(24-11-8-21(27)14-23(24)28)25(16-30)19-2-6-20(26)7-3-19/h2-11,14,17,25H,12-13,15-16H2,1H3/t17-,25?/m1/s1. The first-order chi connectivity index (χ1) is 14.9. The number of hydrogen-bond donors (Lipinski definition) is 0. The second-order valence-electron chi connectivity index (χ2n) is 8.07. The van der Waals surface area contributed by atoms with E-state index in [4.69, 9.17) is 34.8 Å². The van der Waals surface area contributed by atoms with E-state index in [9.17, 15) is 0 Å². The van der Waals surface area contributed by atoms with Crippen LogP contribution in [0.15, 0.2) is 66.7 Å². The van der Waals surface area contributed by atoms with Crippen LogP contribution in [0, 0.1) is 3.57 Å². The van der Waals surface area contributed by atoms with Crippen LogP contribution in [0.5, 0.6) is 0 Å². The molecule has 0 radical (unpaired) electrons. The predicted molar refractivity (Wildman–Crippen MR) is 142 cm³/mol. The van der Waals surface area contributed by atoms with Crippen LogP contribution in [0.25, 0.3) is 0 Å². The Balaban J connectivity index is 1.58. The van der Waals surface area contributed by atoms with Gasteiger partial charge in [0.1, 0.15) is 0 Å². The van der Waals surface area contributed by atoms with Crippen molar-refractivity contribution in [3.63, 3.8) is 0 Å². The Morgan fingerprint density at radius 3 is 2.26 bits per heavy atom. The zero-order valence-electron chi connectivity index (χ0n) is 17.2. The van der Waals surface area contributed by atoms with Gasteiger partial charge in [0, 0.05) is 39.8 Å². The molecule has 6 heteroatoms. The lowest BCUT2D eigenvalue weighted by Gasteiger charge is -2.44. The van der Waals surface area contributed by atoms with Gasteiger partial charge in [-0.2, -0.15) is 0 Å². The highest BCUT2D eigenvalue weighted by molar-refractivity contribution is 14.1. The van der Waals surface area contributed by atoms with E-state index in [0.29, 0.717) is 16.0 Å². The van der Waals surface area contributed by atoms with Crippen molar-refractivity contribution in [1.29, 1.82) is 0 Å². The Labute approximate surface area is 213 Å². The minimum Gasteiger partial charge on any atom is -0.361 e. The molecule has 1 aliphatic heterocycles. The molecule has 2 nitrogen and oxygen atoms in total. The van der Waals surface area contributed by atoms with E-state index in [-0.39, 0.29) is 6.04 Å². The monoisotopic (exact) mass is 584 g/mol. The van der Waals surface area contributed by atoms with E-state index in [1.807, 2.05) is 30.3 Å². The van der Waals surface area contributed by atoms with Crippen molar-refractivity contribution in [3.05, 3.63) is 96.5 Å². The highest BCUT2D eigenvalue weighted by Crippen LogP contribution is 2.37. The molecule has 0 N–H and O–H groups in total. The third kappa shape index (κ3) is 5.69. The lowest BCUT2D eigenvalue weighted by Crippen LogP contribution is -2.49. The molecule has 4 rings (SSSR count). The van der Waals surface area contributed by atoms with Gasteiger partial charge in [-0.3, -0.25) is 4.90 Å². The van der Waals surface area contributed by atoms with Gasteiger partial charge < -0.3 is 4.90 Å². The highest BCUT2D eigenvalue weighted by atomic mass is 127. The maximum atomic E-state index is 6.59. The molecule has 2 atom stereocenters. The largest absolute Gasteiger partial charge is 0.361 e. The van der Waals surface area contributed by atoms with E-state index < -0.39 is 0 Å². The summed E-state index contributed by atoms with van der Waals surface area (Å²) in [5.41, 5.74) is 3.64. The van der Waals surface area contributed by atoms with Crippen LogP contribution in [0.4, 0.5) is 5.69 Å². The first-order valence-corrected chi connectivity index (χ1v) is 12.6. The lowest BCUT2D eigenvalue weighted by atomic mass is 9.97. The summed E-state index contributed by atoms with van der Waals surface area (Å²) < 4.78 is 1.27. The van der Waals surface area contributed by atoms with Crippen molar-refractivity contribution in [2.45, 2.75) is 18.9 Å². The fraction of sp³-hybridized carbons (Fsp3) is 0.280. The minimum absolute atomic E-state index is 0.189. The van der Waals surface area contributed by atoms with E-state index in [2.05, 4.69) is 75.7 Å². The molecule has 3 aromatic carbocycles. The van der Waals surface area contributed by atoms with Crippen molar-refractivity contribution < 1.29 is 0 Å². The molecule has 1 saturated heterocycles.